The van der Waals surface area contributed by atoms with E-state index in [1.807, 2.05) is 26.8 Å². The lowest BCUT2D eigenvalue weighted by molar-refractivity contribution is 0.0692. The molecule has 0 bridgehead atoms. The zero-order valence-corrected chi connectivity index (χ0v) is 21.3. The molecule has 1 fully saturated rings. The molecule has 1 aliphatic rings. The number of carboxylic acid groups (broad SMARTS) is 1. The number of carbonyl (C=O) groups is 1. The van der Waals surface area contributed by atoms with E-state index in [1.54, 1.807) is 22.8 Å². The molecule has 0 amide bonds. The van der Waals surface area contributed by atoms with Crippen molar-refractivity contribution in [1.29, 1.82) is 0 Å². The van der Waals surface area contributed by atoms with E-state index < -0.39 is 28.7 Å². The lowest BCUT2D eigenvalue weighted by Crippen LogP contribution is -2.37. The van der Waals surface area contributed by atoms with Gasteiger partial charge in [0.2, 0.25) is 5.43 Å². The summed E-state index contributed by atoms with van der Waals surface area (Å²) < 4.78 is 22.0. The first-order valence-corrected chi connectivity index (χ1v) is 12.2. The van der Waals surface area contributed by atoms with Crippen LogP contribution in [0.4, 0.5) is 10.1 Å². The second-order valence-electron chi connectivity index (χ2n) is 10.1. The number of aliphatic hydroxyl groups is 1. The van der Waals surface area contributed by atoms with Crippen molar-refractivity contribution in [2.75, 3.05) is 37.8 Å². The SMILES string of the molecule is CC(C)(C)C(CO)n1cc(C(=O)O)c(=O)c2cc(Cc3cccc(Cl)c3F)c(N3CCOCC3)cc21. The third-order valence-corrected chi connectivity index (χ3v) is 7.03. The van der Waals surface area contributed by atoms with Gasteiger partial charge < -0.3 is 24.4 Å². The second kappa shape index (κ2) is 10.2. The van der Waals surface area contributed by atoms with Gasteiger partial charge in [0, 0.05) is 36.8 Å². The molecule has 36 heavy (non-hydrogen) atoms. The van der Waals surface area contributed by atoms with Gasteiger partial charge >= 0.3 is 5.97 Å². The van der Waals surface area contributed by atoms with Gasteiger partial charge in [-0.2, -0.15) is 0 Å². The highest BCUT2D eigenvalue weighted by molar-refractivity contribution is 6.30. The molecule has 1 unspecified atom stereocenters. The number of morpholine rings is 1. The molecule has 1 aromatic heterocycles. The Hall–Kier alpha value is -2.94. The van der Waals surface area contributed by atoms with Gasteiger partial charge in [0.1, 0.15) is 11.4 Å². The van der Waals surface area contributed by atoms with Crippen LogP contribution in [0.2, 0.25) is 5.02 Å². The number of fused-ring (bicyclic) bond motifs is 1. The summed E-state index contributed by atoms with van der Waals surface area (Å²) in [4.78, 5) is 27.4. The van der Waals surface area contributed by atoms with Gasteiger partial charge in [0.25, 0.3) is 0 Å². The molecule has 4 rings (SSSR count). The Morgan fingerprint density at radius 3 is 2.50 bits per heavy atom. The summed E-state index contributed by atoms with van der Waals surface area (Å²) in [6, 6.07) is 7.79. The average molecular weight is 517 g/mol. The Kier molecular flexibility index (Phi) is 7.41. The number of hydrogen-bond acceptors (Lipinski definition) is 5. The molecule has 192 valence electrons. The maximum absolute atomic E-state index is 14.8. The molecule has 2 N–H and O–H groups in total. The van der Waals surface area contributed by atoms with Crippen LogP contribution in [0, 0.1) is 11.2 Å². The van der Waals surface area contributed by atoms with E-state index in [-0.39, 0.29) is 29.0 Å². The van der Waals surface area contributed by atoms with Gasteiger partial charge in [0.05, 0.1) is 36.4 Å². The largest absolute Gasteiger partial charge is 0.477 e. The predicted molar refractivity (Wildman–Crippen MR) is 138 cm³/mol. The number of carboxylic acids is 1. The van der Waals surface area contributed by atoms with Crippen molar-refractivity contribution in [1.82, 2.24) is 4.57 Å². The minimum absolute atomic E-state index is 0.00713. The molecule has 9 heteroatoms. The van der Waals surface area contributed by atoms with Gasteiger partial charge in [0.15, 0.2) is 0 Å². The van der Waals surface area contributed by atoms with Crippen molar-refractivity contribution in [2.45, 2.75) is 33.2 Å². The molecular formula is C27H30ClFN2O5. The lowest BCUT2D eigenvalue weighted by atomic mass is 9.86. The number of ether oxygens (including phenoxy) is 1. The number of anilines is 1. The summed E-state index contributed by atoms with van der Waals surface area (Å²) in [5.74, 6) is -1.88. The minimum atomic E-state index is -1.35. The first-order valence-electron chi connectivity index (χ1n) is 11.8. The minimum Gasteiger partial charge on any atom is -0.477 e. The van der Waals surface area contributed by atoms with E-state index in [2.05, 4.69) is 4.90 Å². The molecule has 1 aliphatic heterocycles. The van der Waals surface area contributed by atoms with Crippen LogP contribution in [0.1, 0.15) is 48.3 Å². The monoisotopic (exact) mass is 516 g/mol. The van der Waals surface area contributed by atoms with Crippen LogP contribution in [0.3, 0.4) is 0 Å². The normalized spacial score (nSPS) is 15.3. The lowest BCUT2D eigenvalue weighted by Gasteiger charge is -2.34. The predicted octanol–water partition coefficient (Wildman–Crippen LogP) is 4.50. The number of nitrogens with zero attached hydrogens (tertiary/aromatic N) is 2. The summed E-state index contributed by atoms with van der Waals surface area (Å²) in [5, 5.41) is 20.3. The molecule has 1 atom stereocenters. The van der Waals surface area contributed by atoms with E-state index in [1.165, 1.54) is 12.3 Å². The van der Waals surface area contributed by atoms with Crippen molar-refractivity contribution in [3.63, 3.8) is 0 Å². The molecule has 3 aromatic rings. The summed E-state index contributed by atoms with van der Waals surface area (Å²) in [6.07, 6.45) is 1.48. The quantitative estimate of drug-likeness (QED) is 0.501. The van der Waals surface area contributed by atoms with Crippen LogP contribution in [0.5, 0.6) is 0 Å². The summed E-state index contributed by atoms with van der Waals surface area (Å²) in [7, 11) is 0. The second-order valence-corrected chi connectivity index (χ2v) is 10.5. The van der Waals surface area contributed by atoms with Crippen molar-refractivity contribution >= 4 is 34.2 Å². The maximum atomic E-state index is 14.8. The van der Waals surface area contributed by atoms with Crippen LogP contribution in [-0.4, -0.2) is 53.7 Å². The molecule has 0 spiro atoms. The fraction of sp³-hybridized carbons (Fsp3) is 0.407. The molecular weight excluding hydrogens is 487 g/mol. The molecule has 0 radical (unpaired) electrons. The summed E-state index contributed by atoms with van der Waals surface area (Å²) in [6.45, 7) is 7.84. The standard InChI is InChI=1S/C27H30ClFN2O5/c1-27(2,3)23(15-32)31-14-19(26(34)35)25(33)18-12-17(11-16-5-4-6-20(28)24(16)29)21(13-22(18)31)30-7-9-36-10-8-30/h4-6,12-14,23,32H,7-11,15H2,1-3H3,(H,34,35). The summed E-state index contributed by atoms with van der Waals surface area (Å²) in [5.41, 5.74) is 0.906. The number of benzene rings is 2. The number of pyridine rings is 1. The van der Waals surface area contributed by atoms with Crippen LogP contribution in [0.15, 0.2) is 41.3 Å². The van der Waals surface area contributed by atoms with E-state index in [0.29, 0.717) is 42.9 Å². The highest BCUT2D eigenvalue weighted by atomic mass is 35.5. The van der Waals surface area contributed by atoms with Crippen LogP contribution in [0.25, 0.3) is 10.9 Å². The Bertz CT molecular complexity index is 1360. The topological polar surface area (TPSA) is 92.0 Å². The van der Waals surface area contributed by atoms with E-state index in [4.69, 9.17) is 16.3 Å². The summed E-state index contributed by atoms with van der Waals surface area (Å²) >= 11 is 6.01. The number of halogens is 2. The Labute approximate surface area is 213 Å². The zero-order chi connectivity index (χ0) is 26.2. The van der Waals surface area contributed by atoms with Crippen LogP contribution in [-0.2, 0) is 11.2 Å². The molecule has 0 saturated carbocycles. The number of rotatable bonds is 6. The fourth-order valence-corrected chi connectivity index (χ4v) is 4.94. The van der Waals surface area contributed by atoms with Crippen molar-refractivity contribution in [3.8, 4) is 0 Å². The van der Waals surface area contributed by atoms with Gasteiger partial charge in [-0.3, -0.25) is 4.79 Å². The first-order chi connectivity index (χ1) is 17.0. The Morgan fingerprint density at radius 1 is 1.19 bits per heavy atom. The van der Waals surface area contributed by atoms with E-state index in [0.717, 1.165) is 5.69 Å². The zero-order valence-electron chi connectivity index (χ0n) is 20.6. The average Bonchev–Trinajstić information content (AvgIpc) is 2.83. The number of aliphatic hydroxyl groups excluding tert-OH is 1. The van der Waals surface area contributed by atoms with E-state index in [9.17, 15) is 24.2 Å². The number of aromatic nitrogens is 1. The van der Waals surface area contributed by atoms with Gasteiger partial charge in [-0.1, -0.05) is 44.5 Å². The van der Waals surface area contributed by atoms with Crippen molar-refractivity contribution < 1.29 is 24.1 Å². The van der Waals surface area contributed by atoms with Crippen molar-refractivity contribution in [2.24, 2.45) is 5.41 Å². The van der Waals surface area contributed by atoms with Crippen LogP contribution < -0.4 is 10.3 Å². The Morgan fingerprint density at radius 2 is 1.89 bits per heavy atom. The third kappa shape index (κ3) is 4.98. The molecule has 2 heterocycles. The highest BCUT2D eigenvalue weighted by Crippen LogP contribution is 2.36. The number of aromatic carboxylic acids is 1. The van der Waals surface area contributed by atoms with Crippen LogP contribution >= 0.6 is 11.6 Å². The molecule has 2 aromatic carbocycles. The van der Waals surface area contributed by atoms with Gasteiger partial charge in [-0.05, 0) is 34.7 Å². The molecule has 7 nitrogen and oxygen atoms in total. The van der Waals surface area contributed by atoms with Gasteiger partial charge in [-0.25, -0.2) is 9.18 Å². The maximum Gasteiger partial charge on any atom is 0.341 e. The fourth-order valence-electron chi connectivity index (χ4n) is 4.75. The number of hydrogen-bond donors (Lipinski definition) is 2. The first kappa shape index (κ1) is 26.1. The van der Waals surface area contributed by atoms with E-state index >= 15 is 0 Å². The third-order valence-electron chi connectivity index (χ3n) is 6.74. The highest BCUT2D eigenvalue weighted by Gasteiger charge is 2.29. The smallest absolute Gasteiger partial charge is 0.341 e. The Balaban J connectivity index is 2.04. The molecule has 0 aliphatic carbocycles. The van der Waals surface area contributed by atoms with Crippen molar-refractivity contribution in [3.05, 3.63) is 74.3 Å². The van der Waals surface area contributed by atoms with Gasteiger partial charge in [-0.15, -0.1) is 0 Å². The molecule has 1 saturated heterocycles.